The maximum Gasteiger partial charge on any atom is 0.267 e. The minimum atomic E-state index is -0.00902. The Balaban J connectivity index is 1.80. The van der Waals surface area contributed by atoms with Crippen molar-refractivity contribution in [2.75, 3.05) is 6.54 Å². The van der Waals surface area contributed by atoms with Crippen LogP contribution in [0.1, 0.15) is 36.7 Å². The first-order valence-electron chi connectivity index (χ1n) is 5.77. The minimum Gasteiger partial charge on any atom is -0.356 e. The van der Waals surface area contributed by atoms with Crippen molar-refractivity contribution in [1.29, 1.82) is 0 Å². The lowest BCUT2D eigenvalue weighted by molar-refractivity contribution is 0.0942. The van der Waals surface area contributed by atoms with E-state index >= 15 is 0 Å². The van der Waals surface area contributed by atoms with Gasteiger partial charge in [-0.15, -0.1) is 0 Å². The predicted molar refractivity (Wildman–Crippen MR) is 67.3 cm³/mol. The van der Waals surface area contributed by atoms with Gasteiger partial charge < -0.3 is 10.3 Å². The van der Waals surface area contributed by atoms with Crippen LogP contribution in [0.15, 0.2) is 16.7 Å². The van der Waals surface area contributed by atoms with E-state index in [0.717, 1.165) is 16.9 Å². The van der Waals surface area contributed by atoms with Gasteiger partial charge in [-0.05, 0) is 46.7 Å². The van der Waals surface area contributed by atoms with Crippen LogP contribution in [0.25, 0.3) is 0 Å². The van der Waals surface area contributed by atoms with Crippen molar-refractivity contribution in [3.8, 4) is 0 Å². The Labute approximate surface area is 104 Å². The number of rotatable bonds is 3. The Bertz CT molecular complexity index is 375. The van der Waals surface area contributed by atoms with E-state index in [9.17, 15) is 4.79 Å². The molecule has 88 valence electrons. The zero-order valence-corrected chi connectivity index (χ0v) is 11.0. The number of amides is 1. The van der Waals surface area contributed by atoms with Gasteiger partial charge in [-0.1, -0.05) is 13.3 Å². The molecule has 1 heterocycles. The summed E-state index contributed by atoms with van der Waals surface area (Å²) in [5.41, 5.74) is 0.623. The lowest BCUT2D eigenvalue weighted by Crippen LogP contribution is -2.28. The van der Waals surface area contributed by atoms with Crippen LogP contribution in [0.3, 0.4) is 0 Å². The zero-order valence-electron chi connectivity index (χ0n) is 9.42. The van der Waals surface area contributed by atoms with E-state index < -0.39 is 0 Å². The molecule has 3 nitrogen and oxygen atoms in total. The first-order chi connectivity index (χ1) is 7.65. The summed E-state index contributed by atoms with van der Waals surface area (Å²) in [6.07, 6.45) is 5.56. The van der Waals surface area contributed by atoms with Crippen molar-refractivity contribution in [1.82, 2.24) is 10.3 Å². The third-order valence-corrected chi connectivity index (χ3v) is 3.70. The Hall–Kier alpha value is -0.770. The smallest absolute Gasteiger partial charge is 0.267 e. The number of nitrogens with one attached hydrogen (secondary N) is 2. The van der Waals surface area contributed by atoms with E-state index in [1.54, 1.807) is 12.3 Å². The van der Waals surface area contributed by atoms with Gasteiger partial charge in [0, 0.05) is 17.2 Å². The molecule has 1 aliphatic rings. The number of carbonyl (C=O) groups excluding carboxylic acids is 1. The fourth-order valence-electron chi connectivity index (χ4n) is 2.34. The number of aromatic nitrogens is 1. The maximum atomic E-state index is 11.7. The number of hydrogen-bond donors (Lipinski definition) is 2. The van der Waals surface area contributed by atoms with Crippen molar-refractivity contribution >= 4 is 21.8 Å². The second-order valence-corrected chi connectivity index (χ2v) is 5.64. The highest BCUT2D eigenvalue weighted by Crippen LogP contribution is 2.29. The van der Waals surface area contributed by atoms with Crippen LogP contribution in [0.5, 0.6) is 0 Å². The quantitative estimate of drug-likeness (QED) is 0.881. The van der Waals surface area contributed by atoms with Gasteiger partial charge in [0.25, 0.3) is 5.91 Å². The van der Waals surface area contributed by atoms with Gasteiger partial charge in [0.05, 0.1) is 0 Å². The lowest BCUT2D eigenvalue weighted by atomic mass is 10.1. The van der Waals surface area contributed by atoms with E-state index in [1.807, 2.05) is 0 Å². The first-order valence-corrected chi connectivity index (χ1v) is 6.56. The van der Waals surface area contributed by atoms with Crippen molar-refractivity contribution in [2.45, 2.75) is 26.2 Å². The molecule has 0 aromatic carbocycles. The second kappa shape index (κ2) is 5.04. The van der Waals surface area contributed by atoms with Crippen LogP contribution in [0.2, 0.25) is 0 Å². The molecular weight excluding hydrogens is 268 g/mol. The van der Waals surface area contributed by atoms with Gasteiger partial charge in [-0.25, -0.2) is 0 Å². The molecule has 2 atom stereocenters. The van der Waals surface area contributed by atoms with Crippen molar-refractivity contribution in [3.05, 3.63) is 22.4 Å². The summed E-state index contributed by atoms with van der Waals surface area (Å²) in [6, 6.07) is 1.80. The summed E-state index contributed by atoms with van der Waals surface area (Å²) >= 11 is 3.31. The molecule has 1 aromatic rings. The molecule has 1 aromatic heterocycles. The number of hydrogen-bond acceptors (Lipinski definition) is 1. The molecule has 1 aliphatic carbocycles. The summed E-state index contributed by atoms with van der Waals surface area (Å²) in [6.45, 7) is 3.09. The topological polar surface area (TPSA) is 44.9 Å². The van der Waals surface area contributed by atoms with E-state index in [4.69, 9.17) is 0 Å². The molecule has 1 amide bonds. The van der Waals surface area contributed by atoms with Crippen LogP contribution in [0, 0.1) is 11.8 Å². The SMILES string of the molecule is CC1CCC(CNC(=O)c2cc(Br)c[nH]2)C1. The standard InChI is InChI=1S/C12H17BrN2O/c1-8-2-3-9(4-8)6-15-12(16)11-5-10(13)7-14-11/h5,7-9,14H,2-4,6H2,1H3,(H,15,16). The van der Waals surface area contributed by atoms with Gasteiger partial charge in [0.1, 0.15) is 5.69 Å². The number of aromatic amines is 1. The largest absolute Gasteiger partial charge is 0.356 e. The molecule has 1 saturated carbocycles. The normalized spacial score (nSPS) is 24.6. The summed E-state index contributed by atoms with van der Waals surface area (Å²) in [5.74, 6) is 1.48. The first kappa shape index (κ1) is 11.7. The average molecular weight is 285 g/mol. The molecule has 16 heavy (non-hydrogen) atoms. The van der Waals surface area contributed by atoms with Gasteiger partial charge in [0.2, 0.25) is 0 Å². The highest BCUT2D eigenvalue weighted by atomic mass is 79.9. The molecule has 0 bridgehead atoms. The second-order valence-electron chi connectivity index (χ2n) is 4.73. The highest BCUT2D eigenvalue weighted by molar-refractivity contribution is 9.10. The lowest BCUT2D eigenvalue weighted by Gasteiger charge is -2.10. The van der Waals surface area contributed by atoms with Crippen LogP contribution in [0.4, 0.5) is 0 Å². The molecule has 2 rings (SSSR count). The van der Waals surface area contributed by atoms with Crippen molar-refractivity contribution < 1.29 is 4.79 Å². The zero-order chi connectivity index (χ0) is 11.5. The Morgan fingerprint density at radius 1 is 1.62 bits per heavy atom. The monoisotopic (exact) mass is 284 g/mol. The van der Waals surface area contributed by atoms with Gasteiger partial charge in [0.15, 0.2) is 0 Å². The molecule has 0 aliphatic heterocycles. The van der Waals surface area contributed by atoms with E-state index in [1.165, 1.54) is 19.3 Å². The van der Waals surface area contributed by atoms with E-state index in [2.05, 4.69) is 33.2 Å². The van der Waals surface area contributed by atoms with Gasteiger partial charge in [-0.2, -0.15) is 0 Å². The van der Waals surface area contributed by atoms with Crippen LogP contribution >= 0.6 is 15.9 Å². The number of carbonyl (C=O) groups is 1. The molecule has 0 saturated heterocycles. The molecule has 4 heteroatoms. The fourth-order valence-corrected chi connectivity index (χ4v) is 2.69. The molecule has 1 fully saturated rings. The third-order valence-electron chi connectivity index (χ3n) is 3.25. The minimum absolute atomic E-state index is 0.00902. The predicted octanol–water partition coefficient (Wildman–Crippen LogP) is 2.94. The Kier molecular flexibility index (Phi) is 3.69. The number of halogens is 1. The molecule has 0 radical (unpaired) electrons. The average Bonchev–Trinajstić information content (AvgIpc) is 2.84. The Morgan fingerprint density at radius 3 is 3.00 bits per heavy atom. The van der Waals surface area contributed by atoms with Crippen molar-refractivity contribution in [2.24, 2.45) is 11.8 Å². The van der Waals surface area contributed by atoms with Crippen molar-refractivity contribution in [3.63, 3.8) is 0 Å². The molecule has 2 unspecified atom stereocenters. The summed E-state index contributed by atoms with van der Waals surface area (Å²) in [4.78, 5) is 14.7. The highest BCUT2D eigenvalue weighted by Gasteiger charge is 2.21. The van der Waals surface area contributed by atoms with Crippen LogP contribution in [-0.4, -0.2) is 17.4 Å². The summed E-state index contributed by atoms with van der Waals surface area (Å²) < 4.78 is 0.909. The van der Waals surface area contributed by atoms with Crippen LogP contribution < -0.4 is 5.32 Å². The summed E-state index contributed by atoms with van der Waals surface area (Å²) in [7, 11) is 0. The van der Waals surface area contributed by atoms with Gasteiger partial charge >= 0.3 is 0 Å². The fraction of sp³-hybridized carbons (Fsp3) is 0.583. The summed E-state index contributed by atoms with van der Waals surface area (Å²) in [5, 5.41) is 2.98. The number of H-pyrrole nitrogens is 1. The molecular formula is C12H17BrN2O. The van der Waals surface area contributed by atoms with Crippen LogP contribution in [-0.2, 0) is 0 Å². The van der Waals surface area contributed by atoms with E-state index in [-0.39, 0.29) is 5.91 Å². The Morgan fingerprint density at radius 2 is 2.44 bits per heavy atom. The maximum absolute atomic E-state index is 11.7. The molecule has 0 spiro atoms. The molecule has 2 N–H and O–H groups in total. The third kappa shape index (κ3) is 2.88. The van der Waals surface area contributed by atoms with E-state index in [0.29, 0.717) is 11.6 Å². The van der Waals surface area contributed by atoms with Gasteiger partial charge in [-0.3, -0.25) is 4.79 Å².